The summed E-state index contributed by atoms with van der Waals surface area (Å²) in [6, 6.07) is 0. The molecule has 0 aromatic heterocycles. The minimum atomic E-state index is -0.405. The molecule has 0 bridgehead atoms. The fraction of sp³-hybridized carbons (Fsp3) is 0.913. The van der Waals surface area contributed by atoms with Gasteiger partial charge in [0.15, 0.2) is 0 Å². The third-order valence-electron chi connectivity index (χ3n) is 4.12. The predicted molar refractivity (Wildman–Crippen MR) is 130 cm³/mol. The first-order valence-corrected chi connectivity index (χ1v) is 12.4. The molecular formula is C23H46N2O11. The molecule has 0 aliphatic carbocycles. The number of hydrogen-bond donors (Lipinski definition) is 2. The molecule has 0 amide bonds. The Bertz CT molecular complexity index is 487. The maximum absolute atomic E-state index is 11.6. The van der Waals surface area contributed by atoms with Crippen LogP contribution >= 0.6 is 0 Å². The molecule has 214 valence electrons. The van der Waals surface area contributed by atoms with Crippen LogP contribution in [0.2, 0.25) is 0 Å². The topological polar surface area (TPSA) is 141 Å². The Morgan fingerprint density at radius 1 is 0.500 bits per heavy atom. The van der Waals surface area contributed by atoms with Gasteiger partial charge in [0.2, 0.25) is 0 Å². The summed E-state index contributed by atoms with van der Waals surface area (Å²) in [4.78, 5) is 23.0. The molecule has 0 spiro atoms. The van der Waals surface area contributed by atoms with Crippen LogP contribution in [0.25, 0.3) is 0 Å². The van der Waals surface area contributed by atoms with Crippen LogP contribution in [0.15, 0.2) is 0 Å². The molecule has 0 aliphatic heterocycles. The number of esters is 2. The summed E-state index contributed by atoms with van der Waals surface area (Å²) in [5.74, 6) is -0.766. The fourth-order valence-corrected chi connectivity index (χ4v) is 2.35. The summed E-state index contributed by atoms with van der Waals surface area (Å²) in [5, 5.41) is 5.73. The highest BCUT2D eigenvalue weighted by Gasteiger charge is 2.04. The predicted octanol–water partition coefficient (Wildman–Crippen LogP) is -0.982. The molecule has 2 N–H and O–H groups in total. The van der Waals surface area contributed by atoms with Gasteiger partial charge in [-0.2, -0.15) is 0 Å². The van der Waals surface area contributed by atoms with E-state index in [1.165, 1.54) is 0 Å². The number of carbonyl (C=O) groups is 2. The van der Waals surface area contributed by atoms with Crippen LogP contribution in [0.5, 0.6) is 0 Å². The van der Waals surface area contributed by atoms with Gasteiger partial charge in [0, 0.05) is 26.8 Å². The van der Waals surface area contributed by atoms with Crippen molar-refractivity contribution in [3.63, 3.8) is 0 Å². The second-order valence-corrected chi connectivity index (χ2v) is 7.05. The van der Waals surface area contributed by atoms with Crippen molar-refractivity contribution >= 4 is 11.9 Å². The van der Waals surface area contributed by atoms with Crippen LogP contribution in [0, 0.1) is 0 Å². The Kier molecular flexibility index (Phi) is 28.6. The van der Waals surface area contributed by atoms with E-state index in [-0.39, 0.29) is 38.9 Å². The highest BCUT2D eigenvalue weighted by molar-refractivity contribution is 5.72. The second-order valence-electron chi connectivity index (χ2n) is 7.05. The number of nitrogens with one attached hydrogen (secondary N) is 2. The van der Waals surface area contributed by atoms with Gasteiger partial charge < -0.3 is 53.3 Å². The van der Waals surface area contributed by atoms with Crippen molar-refractivity contribution in [1.29, 1.82) is 0 Å². The Hall–Kier alpha value is -1.42. The van der Waals surface area contributed by atoms with Gasteiger partial charge in [-0.1, -0.05) is 0 Å². The smallest absolute Gasteiger partial charge is 0.320 e. The quantitative estimate of drug-likeness (QED) is 0.0912. The minimum Gasteiger partial charge on any atom is -0.463 e. The van der Waals surface area contributed by atoms with E-state index in [2.05, 4.69) is 10.6 Å². The van der Waals surface area contributed by atoms with Crippen molar-refractivity contribution in [2.45, 2.75) is 6.92 Å². The van der Waals surface area contributed by atoms with Crippen molar-refractivity contribution in [2.75, 3.05) is 132 Å². The van der Waals surface area contributed by atoms with E-state index in [0.29, 0.717) is 92.4 Å². The van der Waals surface area contributed by atoms with Crippen LogP contribution in [-0.4, -0.2) is 144 Å². The molecular weight excluding hydrogens is 480 g/mol. The number of carbonyl (C=O) groups excluding carboxylic acids is 2. The Morgan fingerprint density at radius 2 is 0.861 bits per heavy atom. The Balaban J connectivity index is 3.20. The highest BCUT2D eigenvalue weighted by atomic mass is 16.6. The van der Waals surface area contributed by atoms with E-state index >= 15 is 0 Å². The minimum absolute atomic E-state index is 0.0278. The molecule has 0 saturated carbocycles. The third kappa shape index (κ3) is 28.8. The van der Waals surface area contributed by atoms with E-state index in [1.54, 1.807) is 7.11 Å². The van der Waals surface area contributed by atoms with Gasteiger partial charge >= 0.3 is 11.9 Å². The molecule has 0 aromatic rings. The standard InChI is InChI=1S/C23H46N2O11/c1-3-29-8-9-30-10-11-31-12-13-32-14-15-33-16-17-34-18-19-36-23(27)21-25-5-7-35-22(26)20-24-4-6-28-2/h24-25H,3-21H2,1-2H3. The summed E-state index contributed by atoms with van der Waals surface area (Å²) in [6.07, 6.45) is 0. The van der Waals surface area contributed by atoms with E-state index in [0.717, 1.165) is 0 Å². The largest absolute Gasteiger partial charge is 0.463 e. The monoisotopic (exact) mass is 526 g/mol. The van der Waals surface area contributed by atoms with Crippen molar-refractivity contribution in [2.24, 2.45) is 0 Å². The zero-order chi connectivity index (χ0) is 26.4. The van der Waals surface area contributed by atoms with Gasteiger partial charge in [-0.05, 0) is 6.92 Å². The summed E-state index contributed by atoms with van der Waals surface area (Å²) in [7, 11) is 1.59. The average Bonchev–Trinajstić information content (AvgIpc) is 2.87. The number of ether oxygens (including phenoxy) is 9. The van der Waals surface area contributed by atoms with Gasteiger partial charge in [0.1, 0.15) is 13.2 Å². The summed E-state index contributed by atoms with van der Waals surface area (Å²) in [6.45, 7) is 9.87. The van der Waals surface area contributed by atoms with Crippen LogP contribution in [0.3, 0.4) is 0 Å². The van der Waals surface area contributed by atoms with Crippen molar-refractivity contribution in [3.05, 3.63) is 0 Å². The lowest BCUT2D eigenvalue weighted by atomic mass is 10.5. The lowest BCUT2D eigenvalue weighted by Gasteiger charge is -2.09. The molecule has 0 unspecified atom stereocenters. The lowest BCUT2D eigenvalue weighted by molar-refractivity contribution is -0.144. The molecule has 0 heterocycles. The molecule has 0 radical (unpaired) electrons. The number of methoxy groups -OCH3 is 1. The van der Waals surface area contributed by atoms with Gasteiger partial charge in [0.05, 0.1) is 92.4 Å². The first-order valence-electron chi connectivity index (χ1n) is 12.4. The normalized spacial score (nSPS) is 11.1. The summed E-state index contributed by atoms with van der Waals surface area (Å²) >= 11 is 0. The van der Waals surface area contributed by atoms with E-state index < -0.39 is 5.97 Å². The van der Waals surface area contributed by atoms with E-state index in [4.69, 9.17) is 42.6 Å². The fourth-order valence-electron chi connectivity index (χ4n) is 2.35. The number of rotatable bonds is 29. The highest BCUT2D eigenvalue weighted by Crippen LogP contribution is 1.86. The van der Waals surface area contributed by atoms with Crippen molar-refractivity contribution in [1.82, 2.24) is 10.6 Å². The average molecular weight is 527 g/mol. The Labute approximate surface area is 214 Å². The Morgan fingerprint density at radius 3 is 1.28 bits per heavy atom. The third-order valence-corrected chi connectivity index (χ3v) is 4.12. The van der Waals surface area contributed by atoms with Gasteiger partial charge in [-0.15, -0.1) is 0 Å². The van der Waals surface area contributed by atoms with Crippen molar-refractivity contribution < 1.29 is 52.2 Å². The summed E-state index contributed by atoms with van der Waals surface area (Å²) in [5.41, 5.74) is 0. The van der Waals surface area contributed by atoms with E-state index in [1.807, 2.05) is 6.92 Å². The molecule has 36 heavy (non-hydrogen) atoms. The van der Waals surface area contributed by atoms with Crippen LogP contribution < -0.4 is 10.6 Å². The molecule has 0 fully saturated rings. The molecule has 0 rings (SSSR count). The first-order chi connectivity index (χ1) is 17.7. The maximum Gasteiger partial charge on any atom is 0.320 e. The number of hydrogen-bond acceptors (Lipinski definition) is 13. The lowest BCUT2D eigenvalue weighted by Crippen LogP contribution is -2.31. The van der Waals surface area contributed by atoms with Crippen LogP contribution in [0.1, 0.15) is 6.92 Å². The maximum atomic E-state index is 11.6. The molecule has 0 aromatic carbocycles. The van der Waals surface area contributed by atoms with Gasteiger partial charge in [-0.3, -0.25) is 9.59 Å². The zero-order valence-corrected chi connectivity index (χ0v) is 21.9. The van der Waals surface area contributed by atoms with Crippen LogP contribution in [0.4, 0.5) is 0 Å². The molecule has 13 nitrogen and oxygen atoms in total. The second kappa shape index (κ2) is 29.8. The van der Waals surface area contributed by atoms with Gasteiger partial charge in [-0.25, -0.2) is 0 Å². The van der Waals surface area contributed by atoms with E-state index in [9.17, 15) is 9.59 Å². The van der Waals surface area contributed by atoms with Gasteiger partial charge in [0.25, 0.3) is 0 Å². The van der Waals surface area contributed by atoms with Crippen molar-refractivity contribution in [3.8, 4) is 0 Å². The summed E-state index contributed by atoms with van der Waals surface area (Å²) < 4.78 is 46.9. The van der Waals surface area contributed by atoms with Crippen LogP contribution in [-0.2, 0) is 52.2 Å². The zero-order valence-electron chi connectivity index (χ0n) is 21.9. The first kappa shape index (κ1) is 34.6. The molecule has 13 heteroatoms. The molecule has 0 atom stereocenters. The molecule has 0 aliphatic rings. The SMILES string of the molecule is CCOCCOCCOCCOCCOCCOCCOC(=O)CNCCOC(=O)CNCCOC. The molecule has 0 saturated heterocycles.